The maximum Gasteiger partial charge on any atom is 0.361 e. The molecule has 0 saturated carbocycles. The molecule has 5 heteroatoms. The zero-order valence-electron chi connectivity index (χ0n) is 16.5. The highest BCUT2D eigenvalue weighted by molar-refractivity contribution is 8.01. The van der Waals surface area contributed by atoms with Crippen molar-refractivity contribution >= 4 is 17.7 Å². The van der Waals surface area contributed by atoms with Gasteiger partial charge in [-0.15, -0.1) is 0 Å². The lowest BCUT2D eigenvalue weighted by molar-refractivity contribution is -0.152. The van der Waals surface area contributed by atoms with Crippen molar-refractivity contribution in [1.82, 2.24) is 0 Å². The fourth-order valence-corrected chi connectivity index (χ4v) is 3.65. The Morgan fingerprint density at radius 1 is 0.862 bits per heavy atom. The second-order valence-electron chi connectivity index (χ2n) is 6.43. The number of esters is 1. The zero-order valence-corrected chi connectivity index (χ0v) is 17.4. The lowest BCUT2D eigenvalue weighted by Crippen LogP contribution is -2.39. The van der Waals surface area contributed by atoms with Gasteiger partial charge in [0.2, 0.25) is 0 Å². The predicted molar refractivity (Wildman–Crippen MR) is 115 cm³/mol. The number of ether oxygens (including phenoxy) is 3. The van der Waals surface area contributed by atoms with E-state index in [1.807, 2.05) is 84.9 Å². The Kier molecular flexibility index (Phi) is 7.19. The Bertz CT molecular complexity index is 897. The van der Waals surface area contributed by atoms with E-state index in [0.29, 0.717) is 19.0 Å². The van der Waals surface area contributed by atoms with Crippen molar-refractivity contribution in [2.24, 2.45) is 0 Å². The third kappa shape index (κ3) is 6.03. The summed E-state index contributed by atoms with van der Waals surface area (Å²) >= 11 is 1.30. The Morgan fingerprint density at radius 2 is 1.48 bits per heavy atom. The van der Waals surface area contributed by atoms with Gasteiger partial charge in [-0.25, -0.2) is 4.79 Å². The summed E-state index contributed by atoms with van der Waals surface area (Å²) in [5.41, 5.74) is 1.11. The molecule has 0 aliphatic rings. The average Bonchev–Trinajstić information content (AvgIpc) is 2.75. The minimum absolute atomic E-state index is 0.291. The molecule has 0 aliphatic heterocycles. The van der Waals surface area contributed by atoms with E-state index in [0.717, 1.165) is 16.2 Å². The van der Waals surface area contributed by atoms with Crippen LogP contribution in [0, 0.1) is 0 Å². The van der Waals surface area contributed by atoms with E-state index in [1.54, 1.807) is 13.8 Å². The Hall–Kier alpha value is -2.92. The molecular weight excluding hydrogens is 384 g/mol. The Labute approximate surface area is 175 Å². The molecule has 0 bridgehead atoms. The highest BCUT2D eigenvalue weighted by Crippen LogP contribution is 2.36. The first-order valence-electron chi connectivity index (χ1n) is 9.46. The Balaban J connectivity index is 1.69. The molecule has 1 atom stereocenters. The van der Waals surface area contributed by atoms with E-state index in [1.165, 1.54) is 11.8 Å². The van der Waals surface area contributed by atoms with Crippen LogP contribution in [-0.4, -0.2) is 17.5 Å². The summed E-state index contributed by atoms with van der Waals surface area (Å²) in [4.78, 5) is 12.3. The summed E-state index contributed by atoms with van der Waals surface area (Å²) in [6.45, 7) is 4.30. The van der Waals surface area contributed by atoms with Crippen LogP contribution in [0.4, 0.5) is 0 Å². The van der Waals surface area contributed by atoms with Crippen LogP contribution < -0.4 is 9.47 Å². The van der Waals surface area contributed by atoms with Crippen LogP contribution in [0.3, 0.4) is 0 Å². The molecule has 0 amide bonds. The molecule has 3 rings (SSSR count). The van der Waals surface area contributed by atoms with Gasteiger partial charge < -0.3 is 14.2 Å². The first-order valence-corrected chi connectivity index (χ1v) is 10.3. The molecule has 0 heterocycles. The summed E-state index contributed by atoms with van der Waals surface area (Å²) in [5.74, 6) is 0.955. The van der Waals surface area contributed by atoms with Gasteiger partial charge in [0.25, 0.3) is 4.93 Å². The molecular formula is C24H24O4S. The molecule has 0 radical (unpaired) electrons. The second-order valence-corrected chi connectivity index (χ2v) is 7.88. The van der Waals surface area contributed by atoms with Crippen molar-refractivity contribution in [1.29, 1.82) is 0 Å². The molecule has 0 spiro atoms. The zero-order chi connectivity index (χ0) is 20.5. The van der Waals surface area contributed by atoms with Crippen molar-refractivity contribution in [3.63, 3.8) is 0 Å². The van der Waals surface area contributed by atoms with Crippen molar-refractivity contribution < 1.29 is 19.0 Å². The standard InChI is InChI=1S/C24H24O4S/c1-3-26-23(25)24(2,28-21-12-8-5-9-13-21)29-22-16-14-20(15-17-22)27-18-19-10-6-4-7-11-19/h4-17H,3,18H2,1-2H3. The van der Waals surface area contributed by atoms with E-state index in [9.17, 15) is 4.79 Å². The third-order valence-electron chi connectivity index (χ3n) is 4.09. The minimum Gasteiger partial charge on any atom is -0.489 e. The number of carbonyl (C=O) groups is 1. The highest BCUT2D eigenvalue weighted by Gasteiger charge is 2.39. The quantitative estimate of drug-likeness (QED) is 0.258. The summed E-state index contributed by atoms with van der Waals surface area (Å²) in [6, 6.07) is 26.9. The van der Waals surface area contributed by atoms with Crippen LogP contribution in [0.2, 0.25) is 0 Å². The molecule has 3 aromatic rings. The number of hydrogen-bond acceptors (Lipinski definition) is 5. The molecule has 1 unspecified atom stereocenters. The van der Waals surface area contributed by atoms with Crippen LogP contribution >= 0.6 is 11.8 Å². The van der Waals surface area contributed by atoms with Gasteiger partial charge in [0.05, 0.1) is 6.61 Å². The average molecular weight is 409 g/mol. The predicted octanol–water partition coefficient (Wildman–Crippen LogP) is 5.72. The van der Waals surface area contributed by atoms with Crippen LogP contribution in [0.15, 0.2) is 89.8 Å². The van der Waals surface area contributed by atoms with Gasteiger partial charge in [-0.3, -0.25) is 0 Å². The molecule has 3 aromatic carbocycles. The molecule has 0 fully saturated rings. The molecule has 0 saturated heterocycles. The number of benzene rings is 3. The first kappa shape index (κ1) is 20.8. The van der Waals surface area contributed by atoms with Gasteiger partial charge >= 0.3 is 5.97 Å². The van der Waals surface area contributed by atoms with Crippen LogP contribution in [0.1, 0.15) is 19.4 Å². The van der Waals surface area contributed by atoms with Gasteiger partial charge in [0.15, 0.2) is 0 Å². The normalized spacial score (nSPS) is 12.6. The fraction of sp³-hybridized carbons (Fsp3) is 0.208. The summed E-state index contributed by atoms with van der Waals surface area (Å²) < 4.78 is 17.1. The summed E-state index contributed by atoms with van der Waals surface area (Å²) in [5, 5.41) is 0. The van der Waals surface area contributed by atoms with Crippen LogP contribution in [0.5, 0.6) is 11.5 Å². The van der Waals surface area contributed by atoms with E-state index in [-0.39, 0.29) is 0 Å². The number of rotatable bonds is 9. The topological polar surface area (TPSA) is 44.8 Å². The van der Waals surface area contributed by atoms with Gasteiger partial charge in [-0.1, -0.05) is 60.3 Å². The molecule has 0 aromatic heterocycles. The molecule has 0 aliphatic carbocycles. The monoisotopic (exact) mass is 408 g/mol. The SMILES string of the molecule is CCOC(=O)C(C)(Oc1ccccc1)Sc1ccc(OCc2ccccc2)cc1. The molecule has 29 heavy (non-hydrogen) atoms. The van der Waals surface area contributed by atoms with Crippen molar-refractivity contribution in [2.45, 2.75) is 30.3 Å². The summed E-state index contributed by atoms with van der Waals surface area (Å²) in [7, 11) is 0. The number of carbonyl (C=O) groups excluding carboxylic acids is 1. The number of hydrogen-bond donors (Lipinski definition) is 0. The lowest BCUT2D eigenvalue weighted by Gasteiger charge is -2.27. The number of para-hydroxylation sites is 1. The summed E-state index contributed by atoms with van der Waals surface area (Å²) in [6.07, 6.45) is 0. The maximum absolute atomic E-state index is 12.6. The highest BCUT2D eigenvalue weighted by atomic mass is 32.2. The number of thioether (sulfide) groups is 1. The Morgan fingerprint density at radius 3 is 2.10 bits per heavy atom. The smallest absolute Gasteiger partial charge is 0.361 e. The third-order valence-corrected chi connectivity index (χ3v) is 5.23. The lowest BCUT2D eigenvalue weighted by atomic mass is 10.2. The van der Waals surface area contributed by atoms with E-state index in [4.69, 9.17) is 14.2 Å². The van der Waals surface area contributed by atoms with E-state index >= 15 is 0 Å². The fourth-order valence-electron chi connectivity index (χ4n) is 2.65. The van der Waals surface area contributed by atoms with Crippen molar-refractivity contribution in [3.05, 3.63) is 90.5 Å². The van der Waals surface area contributed by atoms with Crippen molar-refractivity contribution in [3.8, 4) is 11.5 Å². The maximum atomic E-state index is 12.6. The largest absolute Gasteiger partial charge is 0.489 e. The molecule has 0 N–H and O–H groups in total. The van der Waals surface area contributed by atoms with Crippen LogP contribution in [0.25, 0.3) is 0 Å². The van der Waals surface area contributed by atoms with E-state index in [2.05, 4.69) is 0 Å². The second kappa shape index (κ2) is 10.0. The van der Waals surface area contributed by atoms with Crippen LogP contribution in [-0.2, 0) is 16.1 Å². The first-order chi connectivity index (χ1) is 14.1. The molecule has 150 valence electrons. The van der Waals surface area contributed by atoms with Gasteiger partial charge in [0.1, 0.15) is 18.1 Å². The molecule has 4 nitrogen and oxygen atoms in total. The minimum atomic E-state index is -1.20. The van der Waals surface area contributed by atoms with Gasteiger partial charge in [-0.2, -0.15) is 0 Å². The van der Waals surface area contributed by atoms with Gasteiger partial charge in [-0.05, 0) is 55.8 Å². The van der Waals surface area contributed by atoms with Gasteiger partial charge in [0, 0.05) is 4.90 Å². The van der Waals surface area contributed by atoms with Crippen molar-refractivity contribution in [2.75, 3.05) is 6.61 Å². The van der Waals surface area contributed by atoms with E-state index < -0.39 is 10.9 Å².